The Balaban J connectivity index is 2.72. The molecule has 0 aliphatic heterocycles. The van der Waals surface area contributed by atoms with Crippen LogP contribution in [0, 0.1) is 11.8 Å². The molecule has 2 nitrogen and oxygen atoms in total. The molecule has 0 spiro atoms. The molecule has 0 aromatic rings. The average Bonchev–Trinajstić information content (AvgIpc) is 2.04. The molecule has 0 amide bonds. The molecule has 2 unspecified atom stereocenters. The summed E-state index contributed by atoms with van der Waals surface area (Å²) in [5.41, 5.74) is 0. The van der Waals surface area contributed by atoms with Crippen LogP contribution < -0.4 is 0 Å². The number of hydrogen-bond acceptors (Lipinski definition) is 2. The number of allylic oxidation sites excluding steroid dienone is 4. The zero-order valence-corrected chi connectivity index (χ0v) is 5.44. The predicted octanol–water partition coefficient (Wildman–Crippen LogP) is 0.743. The minimum atomic E-state index is -0.248. The van der Waals surface area contributed by atoms with E-state index in [-0.39, 0.29) is 11.8 Å². The Kier molecular flexibility index (Phi) is 2.15. The maximum Gasteiger partial charge on any atom is 0.127 e. The molecular formula is C8H8O2. The quantitative estimate of drug-likeness (QED) is 0.525. The smallest absolute Gasteiger partial charge is 0.127 e. The normalized spacial score (nSPS) is 30.0. The standard InChI is InChI=1S/C8H8O2/c9-5-7-3-1-2-4-8(7)6-10/h1-8H. The van der Waals surface area contributed by atoms with Gasteiger partial charge in [-0.3, -0.25) is 0 Å². The second kappa shape index (κ2) is 3.11. The number of carbonyl (C=O) groups is 2. The van der Waals surface area contributed by atoms with Gasteiger partial charge in [-0.15, -0.1) is 0 Å². The van der Waals surface area contributed by atoms with Crippen LogP contribution in [0.15, 0.2) is 24.3 Å². The van der Waals surface area contributed by atoms with Gasteiger partial charge in [0.2, 0.25) is 0 Å². The van der Waals surface area contributed by atoms with E-state index >= 15 is 0 Å². The van der Waals surface area contributed by atoms with Crippen molar-refractivity contribution in [1.29, 1.82) is 0 Å². The van der Waals surface area contributed by atoms with Crippen molar-refractivity contribution in [1.82, 2.24) is 0 Å². The third kappa shape index (κ3) is 1.21. The Labute approximate surface area is 59.2 Å². The summed E-state index contributed by atoms with van der Waals surface area (Å²) in [6.45, 7) is 0. The van der Waals surface area contributed by atoms with Gasteiger partial charge < -0.3 is 9.59 Å². The SMILES string of the molecule is O=CC1C=CC=CC1C=O. The van der Waals surface area contributed by atoms with E-state index < -0.39 is 0 Å². The van der Waals surface area contributed by atoms with E-state index in [0.29, 0.717) is 0 Å². The summed E-state index contributed by atoms with van der Waals surface area (Å²) in [6.07, 6.45) is 8.59. The molecule has 0 aromatic heterocycles. The van der Waals surface area contributed by atoms with E-state index in [1.54, 1.807) is 24.3 Å². The van der Waals surface area contributed by atoms with Crippen LogP contribution in [-0.2, 0) is 9.59 Å². The summed E-state index contributed by atoms with van der Waals surface area (Å²) in [6, 6.07) is 0. The van der Waals surface area contributed by atoms with Crippen LogP contribution in [0.2, 0.25) is 0 Å². The van der Waals surface area contributed by atoms with Crippen molar-refractivity contribution in [3.05, 3.63) is 24.3 Å². The average molecular weight is 136 g/mol. The fraction of sp³-hybridized carbons (Fsp3) is 0.250. The van der Waals surface area contributed by atoms with Gasteiger partial charge in [0.1, 0.15) is 12.6 Å². The summed E-state index contributed by atoms with van der Waals surface area (Å²) in [5, 5.41) is 0. The van der Waals surface area contributed by atoms with Crippen LogP contribution >= 0.6 is 0 Å². The Morgan fingerprint density at radius 3 is 1.60 bits per heavy atom. The van der Waals surface area contributed by atoms with Crippen LogP contribution in [0.4, 0.5) is 0 Å². The zero-order valence-electron chi connectivity index (χ0n) is 5.44. The molecule has 0 aromatic carbocycles. The molecule has 52 valence electrons. The van der Waals surface area contributed by atoms with E-state index in [9.17, 15) is 9.59 Å². The van der Waals surface area contributed by atoms with Crippen molar-refractivity contribution < 1.29 is 9.59 Å². The molecule has 0 bridgehead atoms. The highest BCUT2D eigenvalue weighted by atomic mass is 16.1. The lowest BCUT2D eigenvalue weighted by Crippen LogP contribution is -2.14. The lowest BCUT2D eigenvalue weighted by molar-refractivity contribution is -0.116. The molecule has 1 aliphatic carbocycles. The first-order valence-electron chi connectivity index (χ1n) is 3.14. The van der Waals surface area contributed by atoms with Gasteiger partial charge in [-0.25, -0.2) is 0 Å². The van der Waals surface area contributed by atoms with Gasteiger partial charge in [-0.1, -0.05) is 24.3 Å². The molecule has 1 aliphatic rings. The van der Waals surface area contributed by atoms with E-state index in [2.05, 4.69) is 0 Å². The van der Waals surface area contributed by atoms with Crippen LogP contribution in [0.25, 0.3) is 0 Å². The molecule has 0 saturated carbocycles. The fourth-order valence-corrected chi connectivity index (χ4v) is 0.914. The minimum absolute atomic E-state index is 0.248. The van der Waals surface area contributed by atoms with Gasteiger partial charge in [0, 0.05) is 11.8 Å². The Morgan fingerprint density at radius 1 is 0.900 bits per heavy atom. The van der Waals surface area contributed by atoms with Gasteiger partial charge in [0.25, 0.3) is 0 Å². The minimum Gasteiger partial charge on any atom is -0.303 e. The second-order valence-corrected chi connectivity index (χ2v) is 2.20. The summed E-state index contributed by atoms with van der Waals surface area (Å²) < 4.78 is 0. The van der Waals surface area contributed by atoms with E-state index in [1.165, 1.54) is 0 Å². The van der Waals surface area contributed by atoms with Gasteiger partial charge >= 0.3 is 0 Å². The van der Waals surface area contributed by atoms with Crippen molar-refractivity contribution in [2.75, 3.05) is 0 Å². The van der Waals surface area contributed by atoms with Gasteiger partial charge in [-0.2, -0.15) is 0 Å². The van der Waals surface area contributed by atoms with Crippen molar-refractivity contribution in [2.45, 2.75) is 0 Å². The summed E-state index contributed by atoms with van der Waals surface area (Å²) in [5.74, 6) is -0.495. The number of rotatable bonds is 2. The van der Waals surface area contributed by atoms with Crippen LogP contribution in [-0.4, -0.2) is 12.6 Å². The fourth-order valence-electron chi connectivity index (χ4n) is 0.914. The first-order valence-corrected chi connectivity index (χ1v) is 3.14. The Hall–Kier alpha value is -1.18. The van der Waals surface area contributed by atoms with Gasteiger partial charge in [-0.05, 0) is 0 Å². The Bertz CT molecular complexity index is 169. The van der Waals surface area contributed by atoms with Crippen LogP contribution in [0.3, 0.4) is 0 Å². The zero-order chi connectivity index (χ0) is 7.40. The third-order valence-electron chi connectivity index (χ3n) is 1.54. The first-order chi connectivity index (χ1) is 4.88. The largest absolute Gasteiger partial charge is 0.303 e. The lowest BCUT2D eigenvalue weighted by atomic mass is 9.91. The molecule has 0 saturated heterocycles. The lowest BCUT2D eigenvalue weighted by Gasteiger charge is -2.11. The van der Waals surface area contributed by atoms with Crippen molar-refractivity contribution in [3.8, 4) is 0 Å². The van der Waals surface area contributed by atoms with Gasteiger partial charge in [0.15, 0.2) is 0 Å². The van der Waals surface area contributed by atoms with Gasteiger partial charge in [0.05, 0.1) is 0 Å². The number of carbonyl (C=O) groups excluding carboxylic acids is 2. The molecule has 0 N–H and O–H groups in total. The van der Waals surface area contributed by atoms with Crippen LogP contribution in [0.5, 0.6) is 0 Å². The molecule has 2 atom stereocenters. The number of aldehydes is 2. The molecular weight excluding hydrogens is 128 g/mol. The highest BCUT2D eigenvalue weighted by Crippen LogP contribution is 2.14. The highest BCUT2D eigenvalue weighted by Gasteiger charge is 2.15. The summed E-state index contributed by atoms with van der Waals surface area (Å²) in [4.78, 5) is 20.6. The molecule has 0 heterocycles. The summed E-state index contributed by atoms with van der Waals surface area (Å²) >= 11 is 0. The van der Waals surface area contributed by atoms with E-state index in [0.717, 1.165) is 12.6 Å². The van der Waals surface area contributed by atoms with E-state index in [1.807, 2.05) is 0 Å². The van der Waals surface area contributed by atoms with E-state index in [4.69, 9.17) is 0 Å². The topological polar surface area (TPSA) is 34.1 Å². The molecule has 0 radical (unpaired) electrons. The first kappa shape index (κ1) is 6.93. The Morgan fingerprint density at radius 2 is 1.30 bits per heavy atom. The third-order valence-corrected chi connectivity index (χ3v) is 1.54. The molecule has 1 rings (SSSR count). The predicted molar refractivity (Wildman–Crippen MR) is 37.4 cm³/mol. The number of hydrogen-bond donors (Lipinski definition) is 0. The van der Waals surface area contributed by atoms with Crippen LogP contribution in [0.1, 0.15) is 0 Å². The van der Waals surface area contributed by atoms with Crippen molar-refractivity contribution in [2.24, 2.45) is 11.8 Å². The van der Waals surface area contributed by atoms with Crippen molar-refractivity contribution in [3.63, 3.8) is 0 Å². The maximum absolute atomic E-state index is 10.3. The highest BCUT2D eigenvalue weighted by molar-refractivity contribution is 5.69. The monoisotopic (exact) mass is 136 g/mol. The van der Waals surface area contributed by atoms with Crippen molar-refractivity contribution >= 4 is 12.6 Å². The second-order valence-electron chi connectivity index (χ2n) is 2.20. The maximum atomic E-state index is 10.3. The summed E-state index contributed by atoms with van der Waals surface area (Å²) in [7, 11) is 0. The molecule has 10 heavy (non-hydrogen) atoms. The molecule has 2 heteroatoms. The molecule has 0 fully saturated rings.